The van der Waals surface area contributed by atoms with Crippen molar-refractivity contribution in [2.45, 2.75) is 11.3 Å². The molecule has 2 amide bonds. The average Bonchev–Trinajstić information content (AvgIpc) is 2.91. The summed E-state index contributed by atoms with van der Waals surface area (Å²) in [6, 6.07) is 6.07. The normalized spacial score (nSPS) is 11.2. The summed E-state index contributed by atoms with van der Waals surface area (Å²) in [5.41, 5.74) is 4.56. The van der Waals surface area contributed by atoms with Gasteiger partial charge in [0.2, 0.25) is 11.7 Å². The van der Waals surface area contributed by atoms with E-state index in [-0.39, 0.29) is 16.5 Å². The van der Waals surface area contributed by atoms with Crippen molar-refractivity contribution < 1.29 is 22.8 Å². The summed E-state index contributed by atoms with van der Waals surface area (Å²) in [7, 11) is 1.14. The Morgan fingerprint density at radius 3 is 2.60 bits per heavy atom. The van der Waals surface area contributed by atoms with Gasteiger partial charge in [0, 0.05) is 17.6 Å². The smallest absolute Gasteiger partial charge is 0.302 e. The van der Waals surface area contributed by atoms with Crippen LogP contribution in [0, 0.1) is 0 Å². The number of carbonyl (C=O) groups is 2. The molecule has 0 aliphatic carbocycles. The Labute approximate surface area is 148 Å². The van der Waals surface area contributed by atoms with Crippen LogP contribution in [0.5, 0.6) is 0 Å². The SMILES string of the molecule is Cn1c(SCC(=O)NNC(=O)c2cccc(Cl)c2)nnc1C(F)(F)F. The number of nitrogens with one attached hydrogen (secondary N) is 2. The van der Waals surface area contributed by atoms with Crippen LogP contribution in [0.4, 0.5) is 13.2 Å². The van der Waals surface area contributed by atoms with Crippen LogP contribution in [-0.4, -0.2) is 32.3 Å². The first kappa shape index (κ1) is 19.1. The molecule has 134 valence electrons. The molecule has 1 heterocycles. The summed E-state index contributed by atoms with van der Waals surface area (Å²) in [5.74, 6) is -2.64. The van der Waals surface area contributed by atoms with E-state index < -0.39 is 23.8 Å². The molecule has 0 radical (unpaired) electrons. The van der Waals surface area contributed by atoms with E-state index >= 15 is 0 Å². The molecule has 0 spiro atoms. The van der Waals surface area contributed by atoms with Crippen LogP contribution in [0.1, 0.15) is 16.2 Å². The third-order valence-electron chi connectivity index (χ3n) is 2.82. The van der Waals surface area contributed by atoms with Gasteiger partial charge in [-0.1, -0.05) is 29.4 Å². The predicted molar refractivity (Wildman–Crippen MR) is 83.8 cm³/mol. The number of halogens is 4. The van der Waals surface area contributed by atoms with Crippen LogP contribution < -0.4 is 10.9 Å². The van der Waals surface area contributed by atoms with Gasteiger partial charge in [0.1, 0.15) is 0 Å². The van der Waals surface area contributed by atoms with Gasteiger partial charge in [0.15, 0.2) is 5.16 Å². The Morgan fingerprint density at radius 2 is 2.00 bits per heavy atom. The van der Waals surface area contributed by atoms with E-state index in [0.717, 1.165) is 23.4 Å². The van der Waals surface area contributed by atoms with Gasteiger partial charge in [0.25, 0.3) is 5.91 Å². The maximum Gasteiger partial charge on any atom is 0.451 e. The zero-order chi connectivity index (χ0) is 18.6. The fraction of sp³-hybridized carbons (Fsp3) is 0.231. The number of alkyl halides is 3. The van der Waals surface area contributed by atoms with Gasteiger partial charge in [-0.05, 0) is 18.2 Å². The molecule has 7 nitrogen and oxygen atoms in total. The van der Waals surface area contributed by atoms with E-state index in [4.69, 9.17) is 11.6 Å². The average molecular weight is 394 g/mol. The Bertz CT molecular complexity index is 796. The molecular weight excluding hydrogens is 383 g/mol. The van der Waals surface area contributed by atoms with Gasteiger partial charge in [0.05, 0.1) is 5.75 Å². The molecule has 25 heavy (non-hydrogen) atoms. The summed E-state index contributed by atoms with van der Waals surface area (Å²) in [6.45, 7) is 0. The lowest BCUT2D eigenvalue weighted by atomic mass is 10.2. The maximum absolute atomic E-state index is 12.6. The Kier molecular flexibility index (Phi) is 5.90. The predicted octanol–water partition coefficient (Wildman–Crippen LogP) is 2.04. The van der Waals surface area contributed by atoms with Crippen molar-refractivity contribution in [3.8, 4) is 0 Å². The highest BCUT2D eigenvalue weighted by molar-refractivity contribution is 7.99. The van der Waals surface area contributed by atoms with Crippen molar-refractivity contribution in [2.75, 3.05) is 5.75 Å². The molecule has 1 aromatic carbocycles. The number of amides is 2. The van der Waals surface area contributed by atoms with Gasteiger partial charge in [-0.15, -0.1) is 10.2 Å². The lowest BCUT2D eigenvalue weighted by molar-refractivity contribution is -0.147. The third kappa shape index (κ3) is 5.10. The number of carbonyl (C=O) groups excluding carboxylic acids is 2. The van der Waals surface area contributed by atoms with E-state index in [1.807, 2.05) is 0 Å². The first-order valence-corrected chi connectivity index (χ1v) is 7.99. The summed E-state index contributed by atoms with van der Waals surface area (Å²) >= 11 is 6.50. The number of thioether (sulfide) groups is 1. The molecule has 0 aliphatic heterocycles. The molecule has 12 heteroatoms. The van der Waals surface area contributed by atoms with E-state index in [1.165, 1.54) is 12.1 Å². The first-order valence-electron chi connectivity index (χ1n) is 6.62. The minimum atomic E-state index is -4.63. The van der Waals surface area contributed by atoms with Crippen LogP contribution in [0.3, 0.4) is 0 Å². The fourth-order valence-electron chi connectivity index (χ4n) is 1.68. The minimum absolute atomic E-state index is 0.0800. The topological polar surface area (TPSA) is 88.9 Å². The molecule has 2 rings (SSSR count). The van der Waals surface area contributed by atoms with E-state index in [0.29, 0.717) is 5.02 Å². The molecule has 0 atom stereocenters. The fourth-order valence-corrected chi connectivity index (χ4v) is 2.58. The van der Waals surface area contributed by atoms with Crippen LogP contribution in [0.15, 0.2) is 29.4 Å². The number of aromatic nitrogens is 3. The number of hydrogen-bond acceptors (Lipinski definition) is 5. The van der Waals surface area contributed by atoms with Crippen molar-refractivity contribution in [1.29, 1.82) is 0 Å². The van der Waals surface area contributed by atoms with E-state index in [9.17, 15) is 22.8 Å². The molecule has 0 aliphatic rings. The standard InChI is InChI=1S/C13H11ClF3N5O2S/c1-22-11(13(15,16)17)20-21-12(22)25-6-9(23)18-19-10(24)7-3-2-4-8(14)5-7/h2-5H,6H2,1H3,(H,18,23)(H,19,24). The second-order valence-corrected chi connectivity index (χ2v) is 6.04. The molecule has 0 unspecified atom stereocenters. The Hall–Kier alpha value is -2.27. The number of hydrogen-bond donors (Lipinski definition) is 2. The zero-order valence-electron chi connectivity index (χ0n) is 12.6. The molecule has 0 fully saturated rings. The number of nitrogens with zero attached hydrogens (tertiary/aromatic N) is 3. The molecule has 2 N–H and O–H groups in total. The summed E-state index contributed by atoms with van der Waals surface area (Å²) in [5, 5.41) is 6.70. The van der Waals surface area contributed by atoms with Crippen LogP contribution in [0.2, 0.25) is 5.02 Å². The van der Waals surface area contributed by atoms with Crippen molar-refractivity contribution in [2.24, 2.45) is 7.05 Å². The highest BCUT2D eigenvalue weighted by Crippen LogP contribution is 2.29. The molecule has 1 aromatic heterocycles. The highest BCUT2D eigenvalue weighted by Gasteiger charge is 2.37. The first-order chi connectivity index (χ1) is 11.7. The van der Waals surface area contributed by atoms with Gasteiger partial charge < -0.3 is 4.57 Å². The molecule has 0 saturated carbocycles. The largest absolute Gasteiger partial charge is 0.451 e. The molecule has 2 aromatic rings. The van der Waals surface area contributed by atoms with E-state index in [2.05, 4.69) is 21.0 Å². The third-order valence-corrected chi connectivity index (χ3v) is 4.08. The van der Waals surface area contributed by atoms with E-state index in [1.54, 1.807) is 12.1 Å². The van der Waals surface area contributed by atoms with Crippen LogP contribution in [-0.2, 0) is 18.0 Å². The van der Waals surface area contributed by atoms with Crippen molar-refractivity contribution >= 4 is 35.2 Å². The van der Waals surface area contributed by atoms with Gasteiger partial charge in [-0.2, -0.15) is 13.2 Å². The quantitative estimate of drug-likeness (QED) is 0.613. The zero-order valence-corrected chi connectivity index (χ0v) is 14.2. The van der Waals surface area contributed by atoms with Crippen molar-refractivity contribution in [1.82, 2.24) is 25.6 Å². The highest BCUT2D eigenvalue weighted by atomic mass is 35.5. The summed E-state index contributed by atoms with van der Waals surface area (Å²) in [4.78, 5) is 23.5. The number of benzene rings is 1. The van der Waals surface area contributed by atoms with Crippen molar-refractivity contribution in [3.63, 3.8) is 0 Å². The minimum Gasteiger partial charge on any atom is -0.302 e. The Morgan fingerprint density at radius 1 is 1.28 bits per heavy atom. The Balaban J connectivity index is 1.85. The van der Waals surface area contributed by atoms with Gasteiger partial charge in [-0.3, -0.25) is 20.4 Å². The van der Waals surface area contributed by atoms with Crippen LogP contribution in [0.25, 0.3) is 0 Å². The molecule has 0 bridgehead atoms. The van der Waals surface area contributed by atoms with Gasteiger partial charge in [-0.25, -0.2) is 0 Å². The van der Waals surface area contributed by atoms with Crippen molar-refractivity contribution in [3.05, 3.63) is 40.7 Å². The van der Waals surface area contributed by atoms with Gasteiger partial charge >= 0.3 is 6.18 Å². The van der Waals surface area contributed by atoms with Crippen LogP contribution >= 0.6 is 23.4 Å². The summed E-state index contributed by atoms with van der Waals surface area (Å²) in [6.07, 6.45) is -4.63. The second kappa shape index (κ2) is 7.74. The molecule has 0 saturated heterocycles. The monoisotopic (exact) mass is 393 g/mol. The number of hydrazine groups is 1. The lowest BCUT2D eigenvalue weighted by Crippen LogP contribution is -2.42. The number of rotatable bonds is 4. The summed E-state index contributed by atoms with van der Waals surface area (Å²) < 4.78 is 38.5. The molecular formula is C13H11ClF3N5O2S. The maximum atomic E-state index is 12.6. The lowest BCUT2D eigenvalue weighted by Gasteiger charge is -2.08. The second-order valence-electron chi connectivity index (χ2n) is 4.66.